The van der Waals surface area contributed by atoms with Crippen molar-refractivity contribution in [1.29, 1.82) is 0 Å². The highest BCUT2D eigenvalue weighted by Gasteiger charge is 2.26. The van der Waals surface area contributed by atoms with Gasteiger partial charge >= 0.3 is 0 Å². The van der Waals surface area contributed by atoms with E-state index >= 15 is 0 Å². The Morgan fingerprint density at radius 2 is 1.65 bits per heavy atom. The van der Waals surface area contributed by atoms with Gasteiger partial charge in [-0.3, -0.25) is 4.79 Å². The SMILES string of the molecule is NS(=O)(=O)c1cc(F)c(F)cc1C(=O)N1CCCCC1. The summed E-state index contributed by atoms with van der Waals surface area (Å²) in [6, 6.07) is 1.04. The maximum absolute atomic E-state index is 13.3. The first kappa shape index (κ1) is 14.9. The minimum atomic E-state index is -4.31. The second kappa shape index (κ2) is 5.45. The molecule has 1 aromatic rings. The van der Waals surface area contributed by atoms with Crippen molar-refractivity contribution in [3.05, 3.63) is 29.3 Å². The minimum Gasteiger partial charge on any atom is -0.339 e. The van der Waals surface area contributed by atoms with E-state index in [0.29, 0.717) is 25.2 Å². The largest absolute Gasteiger partial charge is 0.339 e. The molecule has 8 heteroatoms. The summed E-state index contributed by atoms with van der Waals surface area (Å²) in [4.78, 5) is 13.0. The van der Waals surface area contributed by atoms with Gasteiger partial charge in [-0.25, -0.2) is 22.3 Å². The van der Waals surface area contributed by atoms with Crippen LogP contribution in [0.2, 0.25) is 0 Å². The van der Waals surface area contributed by atoms with Gasteiger partial charge in [0.2, 0.25) is 10.0 Å². The van der Waals surface area contributed by atoms with E-state index in [1.54, 1.807) is 0 Å². The number of benzene rings is 1. The first-order valence-electron chi connectivity index (χ1n) is 6.12. The standard InChI is InChI=1S/C12H14F2N2O3S/c13-9-6-8(11(7-10(9)14)20(15,18)19)12(17)16-4-2-1-3-5-16/h6-7H,1-5H2,(H2,15,18,19). The third-order valence-electron chi connectivity index (χ3n) is 3.20. The Bertz CT molecular complexity index is 640. The average Bonchev–Trinajstić information content (AvgIpc) is 2.40. The van der Waals surface area contributed by atoms with Crippen LogP contribution >= 0.6 is 0 Å². The highest BCUT2D eigenvalue weighted by Crippen LogP contribution is 2.22. The van der Waals surface area contributed by atoms with Gasteiger partial charge in [0.05, 0.1) is 10.5 Å². The maximum Gasteiger partial charge on any atom is 0.255 e. The zero-order valence-corrected chi connectivity index (χ0v) is 11.4. The Balaban J connectivity index is 2.49. The maximum atomic E-state index is 13.3. The third-order valence-corrected chi connectivity index (χ3v) is 4.15. The lowest BCUT2D eigenvalue weighted by Gasteiger charge is -2.27. The molecule has 1 heterocycles. The molecule has 0 aromatic heterocycles. The quantitative estimate of drug-likeness (QED) is 0.892. The summed E-state index contributed by atoms with van der Waals surface area (Å²) < 4.78 is 49.3. The zero-order chi connectivity index (χ0) is 14.9. The molecular formula is C12H14F2N2O3S. The highest BCUT2D eigenvalue weighted by molar-refractivity contribution is 7.89. The summed E-state index contributed by atoms with van der Waals surface area (Å²) in [6.07, 6.45) is 2.56. The van der Waals surface area contributed by atoms with Crippen molar-refractivity contribution in [3.8, 4) is 0 Å². The lowest BCUT2D eigenvalue weighted by atomic mass is 10.1. The van der Waals surface area contributed by atoms with E-state index in [9.17, 15) is 22.0 Å². The lowest BCUT2D eigenvalue weighted by molar-refractivity contribution is 0.0719. The molecular weight excluding hydrogens is 290 g/mol. The first-order chi connectivity index (χ1) is 9.30. The van der Waals surface area contributed by atoms with Crippen LogP contribution in [-0.2, 0) is 10.0 Å². The Morgan fingerprint density at radius 1 is 1.10 bits per heavy atom. The number of hydrogen-bond acceptors (Lipinski definition) is 3. The van der Waals surface area contributed by atoms with Gasteiger partial charge in [-0.15, -0.1) is 0 Å². The summed E-state index contributed by atoms with van der Waals surface area (Å²) >= 11 is 0. The van der Waals surface area contributed by atoms with E-state index in [0.717, 1.165) is 19.3 Å². The molecule has 0 saturated carbocycles. The summed E-state index contributed by atoms with van der Waals surface area (Å²) in [5.41, 5.74) is -0.423. The van der Waals surface area contributed by atoms with Crippen molar-refractivity contribution in [2.75, 3.05) is 13.1 Å². The highest BCUT2D eigenvalue weighted by atomic mass is 32.2. The molecule has 0 spiro atoms. The van der Waals surface area contributed by atoms with Crippen LogP contribution < -0.4 is 5.14 Å². The van der Waals surface area contributed by atoms with Crippen LogP contribution in [0.4, 0.5) is 8.78 Å². The summed E-state index contributed by atoms with van der Waals surface area (Å²) in [6.45, 7) is 0.920. The second-order valence-corrected chi connectivity index (χ2v) is 6.19. The number of hydrogen-bond donors (Lipinski definition) is 1. The molecule has 20 heavy (non-hydrogen) atoms. The molecule has 110 valence electrons. The number of nitrogens with zero attached hydrogens (tertiary/aromatic N) is 1. The lowest BCUT2D eigenvalue weighted by Crippen LogP contribution is -2.36. The molecule has 0 atom stereocenters. The van der Waals surface area contributed by atoms with Crippen LogP contribution in [0, 0.1) is 11.6 Å². The fourth-order valence-corrected chi connectivity index (χ4v) is 2.92. The van der Waals surface area contributed by atoms with Crippen LogP contribution in [0.5, 0.6) is 0 Å². The van der Waals surface area contributed by atoms with Crippen molar-refractivity contribution in [1.82, 2.24) is 4.90 Å². The van der Waals surface area contributed by atoms with E-state index in [2.05, 4.69) is 0 Å². The van der Waals surface area contributed by atoms with Crippen LogP contribution in [0.1, 0.15) is 29.6 Å². The molecule has 1 fully saturated rings. The van der Waals surface area contributed by atoms with Crippen molar-refractivity contribution < 1.29 is 22.0 Å². The van der Waals surface area contributed by atoms with Crippen LogP contribution in [-0.4, -0.2) is 32.3 Å². The molecule has 0 bridgehead atoms. The number of halogens is 2. The molecule has 5 nitrogen and oxygen atoms in total. The van der Waals surface area contributed by atoms with Crippen molar-refractivity contribution in [3.63, 3.8) is 0 Å². The minimum absolute atomic E-state index is 0.423. The van der Waals surface area contributed by atoms with E-state index in [1.165, 1.54) is 4.90 Å². The van der Waals surface area contributed by atoms with Crippen molar-refractivity contribution in [2.24, 2.45) is 5.14 Å². The number of amides is 1. The van der Waals surface area contributed by atoms with Gasteiger partial charge < -0.3 is 4.90 Å². The Labute approximate surface area is 115 Å². The number of carbonyl (C=O) groups is 1. The predicted octanol–water partition coefficient (Wildman–Crippen LogP) is 1.24. The summed E-state index contributed by atoms with van der Waals surface area (Å²) in [5.74, 6) is -3.28. The normalized spacial score (nSPS) is 16.2. The fourth-order valence-electron chi connectivity index (χ4n) is 2.20. The predicted molar refractivity (Wildman–Crippen MR) is 67.5 cm³/mol. The number of likely N-dealkylation sites (tertiary alicyclic amines) is 1. The molecule has 0 radical (unpaired) electrons. The monoisotopic (exact) mass is 304 g/mol. The second-order valence-electron chi connectivity index (χ2n) is 4.66. The van der Waals surface area contributed by atoms with Gasteiger partial charge in [0.15, 0.2) is 11.6 Å². The van der Waals surface area contributed by atoms with Crippen molar-refractivity contribution >= 4 is 15.9 Å². The Hall–Kier alpha value is -1.54. The average molecular weight is 304 g/mol. The molecule has 2 N–H and O–H groups in total. The molecule has 1 amide bonds. The number of primary sulfonamides is 1. The zero-order valence-electron chi connectivity index (χ0n) is 10.6. The molecule has 0 unspecified atom stereocenters. The molecule has 1 saturated heterocycles. The molecule has 1 aromatic carbocycles. The van der Waals surface area contributed by atoms with E-state index in [4.69, 9.17) is 5.14 Å². The third kappa shape index (κ3) is 2.96. The number of nitrogens with two attached hydrogens (primary N) is 1. The van der Waals surface area contributed by atoms with E-state index < -0.39 is 38.0 Å². The molecule has 1 aliphatic rings. The molecule has 2 rings (SSSR count). The topological polar surface area (TPSA) is 80.5 Å². The number of rotatable bonds is 2. The van der Waals surface area contributed by atoms with Gasteiger partial charge in [0, 0.05) is 13.1 Å². The summed E-state index contributed by atoms with van der Waals surface area (Å²) in [5, 5.41) is 4.96. The van der Waals surface area contributed by atoms with Gasteiger partial charge in [0.1, 0.15) is 0 Å². The van der Waals surface area contributed by atoms with Gasteiger partial charge in [0.25, 0.3) is 5.91 Å². The van der Waals surface area contributed by atoms with E-state index in [1.807, 2.05) is 0 Å². The van der Waals surface area contributed by atoms with Crippen LogP contribution in [0.3, 0.4) is 0 Å². The van der Waals surface area contributed by atoms with Gasteiger partial charge in [-0.1, -0.05) is 0 Å². The smallest absolute Gasteiger partial charge is 0.255 e. The Kier molecular flexibility index (Phi) is 4.05. The van der Waals surface area contributed by atoms with Crippen molar-refractivity contribution in [2.45, 2.75) is 24.2 Å². The summed E-state index contributed by atoms with van der Waals surface area (Å²) in [7, 11) is -4.31. The van der Waals surface area contributed by atoms with Gasteiger partial charge in [-0.05, 0) is 31.4 Å². The van der Waals surface area contributed by atoms with Crippen LogP contribution in [0.15, 0.2) is 17.0 Å². The first-order valence-corrected chi connectivity index (χ1v) is 7.66. The fraction of sp³-hybridized carbons (Fsp3) is 0.417. The number of piperidine rings is 1. The number of carbonyl (C=O) groups excluding carboxylic acids is 1. The Morgan fingerprint density at radius 3 is 2.20 bits per heavy atom. The number of sulfonamides is 1. The molecule has 0 aliphatic carbocycles. The molecule has 1 aliphatic heterocycles. The van der Waals surface area contributed by atoms with E-state index in [-0.39, 0.29) is 0 Å². The van der Waals surface area contributed by atoms with Gasteiger partial charge in [-0.2, -0.15) is 0 Å². The van der Waals surface area contributed by atoms with Crippen LogP contribution in [0.25, 0.3) is 0 Å².